The molecule has 5 aromatic heterocycles. The largest absolute Gasteiger partial charge is 0.443 e. The number of pyridine rings is 1. The molecule has 5 N–H and O–H groups in total. The molecule has 15 aromatic rings. The molecule has 0 spiro atoms. The van der Waals surface area contributed by atoms with E-state index in [1.165, 1.54) is 46.5 Å². The topological polar surface area (TPSA) is 278 Å². The van der Waals surface area contributed by atoms with E-state index in [1.807, 2.05) is 85.4 Å². The van der Waals surface area contributed by atoms with Gasteiger partial charge in [-0.1, -0.05) is 302 Å². The van der Waals surface area contributed by atoms with Crippen molar-refractivity contribution in [1.82, 2.24) is 49.4 Å². The summed E-state index contributed by atoms with van der Waals surface area (Å²) in [7, 11) is 3.31. The van der Waals surface area contributed by atoms with Crippen LogP contribution in [0.2, 0.25) is 5.02 Å². The second-order valence-electron chi connectivity index (χ2n) is 37.6. The van der Waals surface area contributed by atoms with Gasteiger partial charge in [0.05, 0.1) is 89.9 Å². The average Bonchev–Trinajstić information content (AvgIpc) is 1.33. The number of aromatic amines is 1. The number of aliphatic hydroxyl groups excluding tert-OH is 1. The first-order valence-electron chi connectivity index (χ1n) is 47.3. The molecule has 0 radical (unpaired) electrons. The Balaban J connectivity index is 0.000000129. The van der Waals surface area contributed by atoms with Crippen molar-refractivity contribution in [3.8, 4) is 17.3 Å². The highest BCUT2D eigenvalue weighted by atomic mass is 35.5. The number of β-amino-alcohol motifs (C(OH)–C–C–N with tert-alkyl or cyclic N) is 3. The van der Waals surface area contributed by atoms with Crippen LogP contribution < -0.4 is 19.6 Å². The van der Waals surface area contributed by atoms with Crippen molar-refractivity contribution in [2.24, 2.45) is 0 Å². The maximum atomic E-state index is 14.3. The number of nitriles is 1. The van der Waals surface area contributed by atoms with Gasteiger partial charge < -0.3 is 54.2 Å². The van der Waals surface area contributed by atoms with Gasteiger partial charge in [-0.3, -0.25) is 23.9 Å². The fraction of sp³-hybridized carbons (Fsp3) is 0.281. The van der Waals surface area contributed by atoms with Crippen molar-refractivity contribution in [2.45, 2.75) is 138 Å². The third-order valence-electron chi connectivity index (χ3n) is 26.6. The number of hydrogen-bond acceptors (Lipinski definition) is 19. The van der Waals surface area contributed by atoms with Crippen LogP contribution in [0.25, 0.3) is 11.3 Å². The summed E-state index contributed by atoms with van der Waals surface area (Å²) in [6.45, 7) is 18.0. The highest BCUT2D eigenvalue weighted by Crippen LogP contribution is 2.46. The zero-order valence-corrected chi connectivity index (χ0v) is 81.0. The molecule has 718 valence electrons. The number of rotatable bonds is 19. The number of nitrogens with one attached hydrogen (secondary N) is 1. The SMILES string of the molecule is CC(C)(C)OC(=O)N1Cc2nc(-c3c(F)cccc3C#N)cc(Cl)c2C1=O.CC1(O)CN(c2ccn(C(c3ccccc3)(c3ccccc3)c3ccccc3)n2)CCC1O.CC1=CCCN(c2ccn(C(c3ccccc3)(c3ccccc3)c3ccccc3)n2)C1.COC1CCN(c2ccn(C(c3ccccc3)(c3ccccc3)c3ccccc3)n2)CC1(C)O.COC1CCN(c2ccn[nH]2)CC1(C)O. The minimum atomic E-state index is -1.17. The number of methoxy groups -OCH3 is 2. The number of imide groups is 1. The number of amides is 2. The van der Waals surface area contributed by atoms with E-state index >= 15 is 0 Å². The van der Waals surface area contributed by atoms with Crippen LogP contribution >= 0.6 is 11.6 Å². The summed E-state index contributed by atoms with van der Waals surface area (Å²) in [4.78, 5) is 38.7. The molecule has 2 amide bonds. The maximum absolute atomic E-state index is 14.3. The Hall–Kier alpha value is -14.5. The maximum Gasteiger partial charge on any atom is 0.417 e. The number of benzene rings is 10. The molecule has 3 fully saturated rings. The number of carbonyl (C=O) groups is 2. The van der Waals surface area contributed by atoms with Crippen LogP contribution in [0.3, 0.4) is 0 Å². The highest BCUT2D eigenvalue weighted by molar-refractivity contribution is 6.35. The number of piperidine rings is 3. The lowest BCUT2D eigenvalue weighted by Crippen LogP contribution is -2.56. The van der Waals surface area contributed by atoms with Gasteiger partial charge in [-0.15, -0.1) is 0 Å². The van der Waals surface area contributed by atoms with Gasteiger partial charge in [-0.25, -0.2) is 19.1 Å². The molecule has 140 heavy (non-hydrogen) atoms. The molecule has 5 aliphatic heterocycles. The third-order valence-corrected chi connectivity index (χ3v) is 26.9. The Morgan fingerprint density at radius 1 is 0.479 bits per heavy atom. The van der Waals surface area contributed by atoms with E-state index in [0.717, 1.165) is 107 Å². The van der Waals surface area contributed by atoms with E-state index < -0.39 is 62.9 Å². The Kier molecular flexibility index (Phi) is 30.2. The number of H-pyrrole nitrogens is 1. The summed E-state index contributed by atoms with van der Waals surface area (Å²) in [5, 5.41) is 73.5. The minimum absolute atomic E-state index is 0.00660. The molecule has 0 aliphatic carbocycles. The highest BCUT2D eigenvalue weighted by Gasteiger charge is 2.47. The van der Waals surface area contributed by atoms with Crippen LogP contribution in [-0.4, -0.2) is 189 Å². The predicted octanol–water partition coefficient (Wildman–Crippen LogP) is 19.3. The Morgan fingerprint density at radius 2 is 0.843 bits per heavy atom. The Morgan fingerprint density at radius 3 is 1.19 bits per heavy atom. The van der Waals surface area contributed by atoms with Gasteiger partial charge in [0.15, 0.2) is 17.5 Å². The zero-order valence-electron chi connectivity index (χ0n) is 80.3. The van der Waals surface area contributed by atoms with Crippen molar-refractivity contribution in [2.75, 3.05) is 86.2 Å². The number of carbonyl (C=O) groups excluding carboxylic acids is 2. The predicted molar refractivity (Wildman–Crippen MR) is 545 cm³/mol. The standard InChI is InChI=1S/C29H31N3O2.C28H29N3O2.C28H27N3.C19H15ClFN3O3.C10H17N3O2/c1-28(33)22-31(20-18-26(28)34-2)27-19-21-32(30-27)29(23-12-6-3-7-13-23,24-14-8-4-9-15-24)25-16-10-5-11-17-25;1-27(33)21-30(19-17-25(27)32)26-18-20-31(29-26)28(22-11-5-2-6-12-22,23-13-7-3-8-14-23)24-15-9-4-10-16-24;1-23-12-11-20-30(22-23)27-19-21-31(29-27)28(24-13-5-2-6-14-24,25-15-7-3-8-16-25)26-17-9-4-10-18-26;1-19(2,3)27-18(26)24-9-14-16(17(24)25)11(20)7-13(23-14)15-10(8-22)5-4-6-12(15)21;1-10(14)7-13(6-4-8(10)15-2)9-3-5-11-12-9/h3-17,19,21,26,33H,18,20,22H2,1-2H3;2-16,18,20,25,32-33H,17,19,21H2,1H3;2-10,12-19,21H,11,20,22H2,1H3;4-7H,9H2,1-3H3;3,5,8,14H,4,6-7H2,1-2H3,(H,11,12). The minimum Gasteiger partial charge on any atom is -0.443 e. The fourth-order valence-corrected chi connectivity index (χ4v) is 20.2. The molecule has 10 heterocycles. The second kappa shape index (κ2) is 42.9. The summed E-state index contributed by atoms with van der Waals surface area (Å²) in [5.74, 6) is 2.35. The number of nitrogens with zero attached hydrogens (tertiary/aromatic N) is 14. The quantitative estimate of drug-likeness (QED) is 0.0372. The zero-order chi connectivity index (χ0) is 98.4. The lowest BCUT2D eigenvalue weighted by Gasteiger charge is -2.42. The molecule has 20 rings (SSSR count). The molecule has 24 nitrogen and oxygen atoms in total. The van der Waals surface area contributed by atoms with Crippen LogP contribution in [0.4, 0.5) is 32.5 Å². The van der Waals surface area contributed by atoms with Gasteiger partial charge in [0.2, 0.25) is 0 Å². The number of halogens is 2. The van der Waals surface area contributed by atoms with Crippen LogP contribution in [-0.2, 0) is 37.4 Å². The number of aromatic nitrogens is 9. The number of fused-ring (bicyclic) bond motifs is 1. The molecule has 10 aromatic carbocycles. The molecule has 6 atom stereocenters. The first kappa shape index (κ1) is 98.6. The van der Waals surface area contributed by atoms with Crippen LogP contribution in [0.1, 0.15) is 146 Å². The molecular formula is C114H119ClFN15O9. The van der Waals surface area contributed by atoms with Gasteiger partial charge in [0.25, 0.3) is 5.91 Å². The van der Waals surface area contributed by atoms with Gasteiger partial charge in [-0.05, 0) is 142 Å². The fourth-order valence-electron chi connectivity index (χ4n) is 19.9. The summed E-state index contributed by atoms with van der Waals surface area (Å²) < 4.78 is 36.6. The monoisotopic (exact) mass is 1900 g/mol. The lowest BCUT2D eigenvalue weighted by atomic mass is 9.77. The summed E-state index contributed by atoms with van der Waals surface area (Å²) >= 11 is 6.23. The number of ether oxygens (including phenoxy) is 3. The first-order valence-corrected chi connectivity index (χ1v) is 47.7. The number of aliphatic hydroxyl groups is 4. The number of hydrogen-bond donors (Lipinski definition) is 5. The van der Waals surface area contributed by atoms with E-state index in [9.17, 15) is 39.7 Å². The van der Waals surface area contributed by atoms with Gasteiger partial charge in [0, 0.05) is 89.8 Å². The van der Waals surface area contributed by atoms with Crippen molar-refractivity contribution in [1.29, 1.82) is 5.26 Å². The van der Waals surface area contributed by atoms with Crippen molar-refractivity contribution >= 4 is 46.9 Å². The average molecular weight is 1900 g/mol. The lowest BCUT2D eigenvalue weighted by molar-refractivity contribution is -0.0892. The van der Waals surface area contributed by atoms with E-state index in [-0.39, 0.29) is 51.9 Å². The van der Waals surface area contributed by atoms with Crippen LogP contribution in [0.15, 0.2) is 358 Å². The Bertz CT molecular complexity index is 6400. The van der Waals surface area contributed by atoms with E-state index in [0.29, 0.717) is 32.6 Å². The summed E-state index contributed by atoms with van der Waals surface area (Å²) in [6, 6.07) is 110. The smallest absolute Gasteiger partial charge is 0.417 e. The third kappa shape index (κ3) is 20.8. The summed E-state index contributed by atoms with van der Waals surface area (Å²) in [6.07, 6.45) is 11.6. The van der Waals surface area contributed by atoms with E-state index in [2.05, 4.69) is 312 Å². The van der Waals surface area contributed by atoms with Crippen LogP contribution in [0, 0.1) is 17.1 Å². The van der Waals surface area contributed by atoms with Crippen molar-refractivity contribution in [3.63, 3.8) is 0 Å². The molecular weight excluding hydrogens is 1780 g/mol. The van der Waals surface area contributed by atoms with E-state index in [1.54, 1.807) is 48.1 Å². The van der Waals surface area contributed by atoms with Gasteiger partial charge in [-0.2, -0.15) is 25.7 Å². The molecule has 5 aliphatic rings. The summed E-state index contributed by atoms with van der Waals surface area (Å²) in [5.41, 5.74) is 6.64. The molecule has 0 saturated carbocycles. The van der Waals surface area contributed by atoms with Crippen molar-refractivity contribution < 1.29 is 48.6 Å². The van der Waals surface area contributed by atoms with Gasteiger partial charge in [0.1, 0.15) is 50.7 Å². The molecule has 6 unspecified atom stereocenters. The molecule has 0 bridgehead atoms. The molecule has 26 heteroatoms. The van der Waals surface area contributed by atoms with Crippen LogP contribution in [0.5, 0.6) is 0 Å². The number of anilines is 4. The van der Waals surface area contributed by atoms with Crippen molar-refractivity contribution in [3.05, 3.63) is 436 Å². The van der Waals surface area contributed by atoms with E-state index in [4.69, 9.17) is 41.1 Å². The van der Waals surface area contributed by atoms with Gasteiger partial charge >= 0.3 is 6.09 Å². The first-order chi connectivity index (χ1) is 67.6. The normalized spacial score (nSPS) is 19.2. The molecule has 3 saturated heterocycles. The second-order valence-corrected chi connectivity index (χ2v) is 38.0. The Labute approximate surface area is 822 Å².